The Balaban J connectivity index is 1.59. The van der Waals surface area contributed by atoms with Gasteiger partial charge in [-0.3, -0.25) is 19.1 Å². The van der Waals surface area contributed by atoms with Gasteiger partial charge in [0, 0.05) is 38.4 Å². The molecule has 2 saturated heterocycles. The maximum Gasteiger partial charge on any atom is 0.312 e. The number of hydrogen-bond acceptors (Lipinski definition) is 4. The molecule has 25 heavy (non-hydrogen) atoms. The summed E-state index contributed by atoms with van der Waals surface area (Å²) in [6.07, 6.45) is 0.851. The predicted molar refractivity (Wildman–Crippen MR) is 90.8 cm³/mol. The van der Waals surface area contributed by atoms with E-state index < -0.39 is 11.8 Å². The molecule has 8 heteroatoms. The first-order valence-corrected chi connectivity index (χ1v) is 8.79. The van der Waals surface area contributed by atoms with Crippen molar-refractivity contribution < 1.29 is 14.4 Å². The van der Waals surface area contributed by atoms with E-state index in [2.05, 4.69) is 5.10 Å². The second-order valence-electron chi connectivity index (χ2n) is 6.77. The first-order valence-electron chi connectivity index (χ1n) is 8.79. The summed E-state index contributed by atoms with van der Waals surface area (Å²) in [6, 6.07) is 2.20. The fourth-order valence-electron chi connectivity index (χ4n) is 3.61. The highest BCUT2D eigenvalue weighted by Gasteiger charge is 2.35. The number of amides is 3. The molecule has 3 heterocycles. The van der Waals surface area contributed by atoms with Gasteiger partial charge in [0.25, 0.3) is 0 Å². The van der Waals surface area contributed by atoms with Gasteiger partial charge in [0.2, 0.25) is 5.91 Å². The second-order valence-corrected chi connectivity index (χ2v) is 6.77. The summed E-state index contributed by atoms with van der Waals surface area (Å²) in [4.78, 5) is 41.3. The van der Waals surface area contributed by atoms with E-state index in [1.807, 2.05) is 31.5 Å². The Labute approximate surface area is 147 Å². The number of carbonyl (C=O) groups is 3. The van der Waals surface area contributed by atoms with Crippen LogP contribution in [0.3, 0.4) is 0 Å². The number of aromatic nitrogens is 2. The minimum atomic E-state index is -0.573. The lowest BCUT2D eigenvalue weighted by atomic mass is 10.2. The number of likely N-dealkylation sites (N-methyl/N-ethyl adjacent to an activating group) is 1. The molecule has 136 valence electrons. The predicted octanol–water partition coefficient (Wildman–Crippen LogP) is -0.0360. The van der Waals surface area contributed by atoms with Crippen LogP contribution in [0.25, 0.3) is 0 Å². The third-order valence-corrected chi connectivity index (χ3v) is 5.01. The number of aryl methyl sites for hydroxylation is 2. The van der Waals surface area contributed by atoms with Gasteiger partial charge >= 0.3 is 11.8 Å². The summed E-state index contributed by atoms with van der Waals surface area (Å²) < 4.78 is 1.98. The van der Waals surface area contributed by atoms with Crippen LogP contribution in [0.15, 0.2) is 6.07 Å². The molecule has 8 nitrogen and oxygen atoms in total. The Morgan fingerprint density at radius 1 is 1.16 bits per heavy atom. The summed E-state index contributed by atoms with van der Waals surface area (Å²) in [5, 5.41) is 4.51. The van der Waals surface area contributed by atoms with E-state index in [0.29, 0.717) is 32.7 Å². The highest BCUT2D eigenvalue weighted by Crippen LogP contribution is 2.23. The molecule has 0 N–H and O–H groups in total. The SMILES string of the molecule is CCN1CCN(CC(=O)N2CCC(n3nc(C)cc3C)C2)C(=O)C1=O. The summed E-state index contributed by atoms with van der Waals surface area (Å²) in [6.45, 7) is 8.46. The Kier molecular flexibility index (Phi) is 4.78. The van der Waals surface area contributed by atoms with E-state index in [1.54, 1.807) is 4.90 Å². The molecule has 2 fully saturated rings. The molecule has 0 aromatic carbocycles. The van der Waals surface area contributed by atoms with Gasteiger partial charge in [0.15, 0.2) is 0 Å². The van der Waals surface area contributed by atoms with Gasteiger partial charge in [0.05, 0.1) is 11.7 Å². The van der Waals surface area contributed by atoms with Crippen molar-refractivity contribution in [2.45, 2.75) is 33.2 Å². The van der Waals surface area contributed by atoms with Gasteiger partial charge in [-0.2, -0.15) is 5.10 Å². The number of rotatable bonds is 4. The van der Waals surface area contributed by atoms with Crippen molar-refractivity contribution >= 4 is 17.7 Å². The highest BCUT2D eigenvalue weighted by molar-refractivity contribution is 6.35. The smallest absolute Gasteiger partial charge is 0.312 e. The van der Waals surface area contributed by atoms with E-state index in [9.17, 15) is 14.4 Å². The number of carbonyl (C=O) groups excluding carboxylic acids is 3. The van der Waals surface area contributed by atoms with Crippen molar-refractivity contribution in [1.82, 2.24) is 24.5 Å². The summed E-state index contributed by atoms with van der Waals surface area (Å²) >= 11 is 0. The zero-order valence-electron chi connectivity index (χ0n) is 15.1. The van der Waals surface area contributed by atoms with Gasteiger partial charge in [-0.25, -0.2) is 0 Å². The average molecular weight is 347 g/mol. The fraction of sp³-hybridized carbons (Fsp3) is 0.647. The first kappa shape index (κ1) is 17.4. The van der Waals surface area contributed by atoms with Crippen molar-refractivity contribution in [2.24, 2.45) is 0 Å². The average Bonchev–Trinajstić information content (AvgIpc) is 3.18. The molecule has 1 aromatic rings. The van der Waals surface area contributed by atoms with Crippen LogP contribution in [0.5, 0.6) is 0 Å². The van der Waals surface area contributed by atoms with Gasteiger partial charge in [-0.1, -0.05) is 0 Å². The van der Waals surface area contributed by atoms with Crippen molar-refractivity contribution in [3.63, 3.8) is 0 Å². The van der Waals surface area contributed by atoms with Crippen LogP contribution in [-0.4, -0.2) is 81.5 Å². The van der Waals surface area contributed by atoms with E-state index >= 15 is 0 Å². The minimum Gasteiger partial charge on any atom is -0.339 e. The molecule has 1 atom stereocenters. The van der Waals surface area contributed by atoms with Crippen molar-refractivity contribution in [1.29, 1.82) is 0 Å². The Bertz CT molecular complexity index is 698. The lowest BCUT2D eigenvalue weighted by Gasteiger charge is -2.33. The molecule has 2 aliphatic heterocycles. The number of nitrogens with zero attached hydrogens (tertiary/aromatic N) is 5. The van der Waals surface area contributed by atoms with Crippen LogP contribution in [0.1, 0.15) is 30.8 Å². The fourth-order valence-corrected chi connectivity index (χ4v) is 3.61. The van der Waals surface area contributed by atoms with E-state index in [0.717, 1.165) is 17.8 Å². The third kappa shape index (κ3) is 3.38. The molecular weight excluding hydrogens is 322 g/mol. The summed E-state index contributed by atoms with van der Waals surface area (Å²) in [5.74, 6) is -1.19. The van der Waals surface area contributed by atoms with Crippen molar-refractivity contribution in [2.75, 3.05) is 39.3 Å². The largest absolute Gasteiger partial charge is 0.339 e. The van der Waals surface area contributed by atoms with E-state index in [4.69, 9.17) is 0 Å². The number of hydrogen-bond donors (Lipinski definition) is 0. The monoisotopic (exact) mass is 347 g/mol. The second kappa shape index (κ2) is 6.85. The van der Waals surface area contributed by atoms with Crippen LogP contribution < -0.4 is 0 Å². The molecule has 1 aromatic heterocycles. The molecule has 0 aliphatic carbocycles. The maximum absolute atomic E-state index is 12.6. The first-order chi connectivity index (χ1) is 11.9. The zero-order chi connectivity index (χ0) is 18.1. The van der Waals surface area contributed by atoms with Crippen LogP contribution >= 0.6 is 0 Å². The third-order valence-electron chi connectivity index (χ3n) is 5.01. The molecular formula is C17H25N5O3. The zero-order valence-corrected chi connectivity index (χ0v) is 15.1. The quantitative estimate of drug-likeness (QED) is 0.716. The van der Waals surface area contributed by atoms with Crippen LogP contribution in [-0.2, 0) is 14.4 Å². The van der Waals surface area contributed by atoms with Gasteiger partial charge in [0.1, 0.15) is 6.54 Å². The Hall–Kier alpha value is -2.38. The minimum absolute atomic E-state index is 0.0219. The normalized spacial score (nSPS) is 21.4. The van der Waals surface area contributed by atoms with Gasteiger partial charge < -0.3 is 14.7 Å². The maximum atomic E-state index is 12.6. The molecule has 0 bridgehead atoms. The van der Waals surface area contributed by atoms with Crippen LogP contribution in [0, 0.1) is 13.8 Å². The molecule has 0 spiro atoms. The van der Waals surface area contributed by atoms with Crippen molar-refractivity contribution in [3.05, 3.63) is 17.5 Å². The van der Waals surface area contributed by atoms with Crippen LogP contribution in [0.2, 0.25) is 0 Å². The standard InChI is InChI=1S/C17H25N5O3/c1-4-19-7-8-21(17(25)16(19)24)11-15(23)20-6-5-14(10-20)22-13(3)9-12(2)18-22/h9,14H,4-8,10-11H2,1-3H3. The Morgan fingerprint density at radius 3 is 2.48 bits per heavy atom. The summed E-state index contributed by atoms with van der Waals surface area (Å²) in [5.41, 5.74) is 2.06. The topological polar surface area (TPSA) is 78.8 Å². The van der Waals surface area contributed by atoms with E-state index in [-0.39, 0.29) is 18.5 Å². The van der Waals surface area contributed by atoms with Crippen LogP contribution in [0.4, 0.5) is 0 Å². The summed E-state index contributed by atoms with van der Waals surface area (Å²) in [7, 11) is 0. The van der Waals surface area contributed by atoms with Gasteiger partial charge in [-0.05, 0) is 33.3 Å². The Morgan fingerprint density at radius 2 is 1.84 bits per heavy atom. The molecule has 1 unspecified atom stereocenters. The van der Waals surface area contributed by atoms with Crippen molar-refractivity contribution in [3.8, 4) is 0 Å². The highest BCUT2D eigenvalue weighted by atomic mass is 16.2. The number of piperazine rings is 1. The van der Waals surface area contributed by atoms with E-state index in [1.165, 1.54) is 9.80 Å². The molecule has 2 aliphatic rings. The van der Waals surface area contributed by atoms with Gasteiger partial charge in [-0.15, -0.1) is 0 Å². The lowest BCUT2D eigenvalue weighted by Crippen LogP contribution is -2.56. The molecule has 0 saturated carbocycles. The molecule has 3 rings (SSSR count). The molecule has 3 amide bonds. The number of likely N-dealkylation sites (tertiary alicyclic amines) is 1. The molecule has 0 radical (unpaired) electrons. The lowest BCUT2D eigenvalue weighted by molar-refractivity contribution is -0.157.